The maximum Gasteiger partial charge on any atom is 0.416 e. The van der Waals surface area contributed by atoms with Crippen molar-refractivity contribution >= 4 is 10.9 Å². The quantitative estimate of drug-likeness (QED) is 0.349. The maximum atomic E-state index is 14.1. The molecular weight excluding hydrogens is 492 g/mol. The maximum absolute atomic E-state index is 14.1. The number of fused-ring (bicyclic) bond motifs is 1. The molecule has 12 heteroatoms. The first kappa shape index (κ1) is 26.4. The number of hydrogen-bond donors (Lipinski definition) is 0. The lowest BCUT2D eigenvalue weighted by molar-refractivity contribution is -0.137. The zero-order valence-electron chi connectivity index (χ0n) is 20.2. The van der Waals surface area contributed by atoms with Gasteiger partial charge in [-0.1, -0.05) is 0 Å². The van der Waals surface area contributed by atoms with Crippen LogP contribution in [0.2, 0.25) is 0 Å². The summed E-state index contributed by atoms with van der Waals surface area (Å²) >= 11 is 0. The molecule has 2 aliphatic rings. The summed E-state index contributed by atoms with van der Waals surface area (Å²) < 4.78 is 60.1. The van der Waals surface area contributed by atoms with E-state index in [9.17, 15) is 22.4 Å². The minimum absolute atomic E-state index is 0.00595. The molecule has 4 aromatic rings. The van der Waals surface area contributed by atoms with Gasteiger partial charge in [-0.25, -0.2) is 19.0 Å². The zero-order chi connectivity index (χ0) is 26.4. The summed E-state index contributed by atoms with van der Waals surface area (Å²) in [6, 6.07) is 4.82. The van der Waals surface area contributed by atoms with Crippen molar-refractivity contribution in [1.82, 2.24) is 29.5 Å². The first-order chi connectivity index (χ1) is 17.8. The van der Waals surface area contributed by atoms with Crippen molar-refractivity contribution in [2.45, 2.75) is 44.3 Å². The fourth-order valence-corrected chi connectivity index (χ4v) is 3.66. The highest BCUT2D eigenvalue weighted by molar-refractivity contribution is 5.90. The monoisotopic (exact) mass is 518 g/mol. The van der Waals surface area contributed by atoms with Crippen molar-refractivity contribution in [3.63, 3.8) is 0 Å². The van der Waals surface area contributed by atoms with Crippen LogP contribution >= 0.6 is 0 Å². The van der Waals surface area contributed by atoms with Gasteiger partial charge in [-0.2, -0.15) is 23.4 Å². The number of aromatic nitrogens is 6. The summed E-state index contributed by atoms with van der Waals surface area (Å²) in [5.74, 6) is -1.10. The van der Waals surface area contributed by atoms with Gasteiger partial charge in [0.25, 0.3) is 5.56 Å². The largest absolute Gasteiger partial charge is 0.416 e. The van der Waals surface area contributed by atoms with Gasteiger partial charge in [-0.15, -0.1) is 0 Å². The van der Waals surface area contributed by atoms with E-state index in [4.69, 9.17) is 4.74 Å². The third-order valence-electron chi connectivity index (χ3n) is 5.82. The normalized spacial score (nSPS) is 15.4. The minimum atomic E-state index is -4.65. The molecule has 37 heavy (non-hydrogen) atoms. The molecule has 0 atom stereocenters. The van der Waals surface area contributed by atoms with E-state index >= 15 is 0 Å². The highest BCUT2D eigenvalue weighted by atomic mass is 19.4. The number of rotatable bonds is 2. The second-order valence-electron chi connectivity index (χ2n) is 8.64. The molecule has 0 bridgehead atoms. The molecule has 0 radical (unpaired) electrons. The Morgan fingerprint density at radius 2 is 1.81 bits per heavy atom. The van der Waals surface area contributed by atoms with Crippen LogP contribution in [0.4, 0.5) is 17.6 Å². The van der Waals surface area contributed by atoms with Crippen LogP contribution in [0.5, 0.6) is 0 Å². The van der Waals surface area contributed by atoms with Gasteiger partial charge in [0.15, 0.2) is 0 Å². The van der Waals surface area contributed by atoms with Crippen molar-refractivity contribution in [1.29, 1.82) is 0 Å². The Bertz CT molecular complexity index is 1370. The number of alkyl halides is 3. The van der Waals surface area contributed by atoms with Gasteiger partial charge in [0.1, 0.15) is 17.7 Å². The lowest BCUT2D eigenvalue weighted by Crippen LogP contribution is -2.20. The summed E-state index contributed by atoms with van der Waals surface area (Å²) in [5, 5.41) is 8.06. The molecular formula is C25H26F4N6O2. The molecule has 0 N–H and O–H groups in total. The van der Waals surface area contributed by atoms with Crippen LogP contribution in [0.25, 0.3) is 22.2 Å². The molecule has 196 valence electrons. The van der Waals surface area contributed by atoms with Crippen molar-refractivity contribution in [3.8, 4) is 11.3 Å². The molecule has 1 saturated carbocycles. The second-order valence-corrected chi connectivity index (χ2v) is 8.64. The van der Waals surface area contributed by atoms with E-state index in [1.807, 2.05) is 23.1 Å². The van der Waals surface area contributed by atoms with Crippen molar-refractivity contribution < 1.29 is 22.3 Å². The summed E-state index contributed by atoms with van der Waals surface area (Å²) in [7, 11) is 1.42. The highest BCUT2D eigenvalue weighted by Crippen LogP contribution is 2.34. The summed E-state index contributed by atoms with van der Waals surface area (Å²) in [6.07, 6.45) is 8.10. The lowest BCUT2D eigenvalue weighted by Gasteiger charge is -2.10. The van der Waals surface area contributed by atoms with Gasteiger partial charge in [0.2, 0.25) is 0 Å². The number of nitrogens with zero attached hydrogens (tertiary/aromatic N) is 6. The Morgan fingerprint density at radius 3 is 2.35 bits per heavy atom. The molecule has 1 aliphatic carbocycles. The summed E-state index contributed by atoms with van der Waals surface area (Å²) in [5.41, 5.74) is -1.77. The van der Waals surface area contributed by atoms with E-state index in [0.717, 1.165) is 42.4 Å². The Hall–Kier alpha value is -3.67. The van der Waals surface area contributed by atoms with Gasteiger partial charge in [0, 0.05) is 38.2 Å². The first-order valence-corrected chi connectivity index (χ1v) is 11.9. The molecule has 2 fully saturated rings. The molecule has 0 amide bonds. The standard InChI is InChI=1S/C14H8F4N4O.C6H8N2.C5H10O/c1-22-13(23)12-9(5-21-22)11(19-6-20-12)8-3-2-7(4-10(8)15)14(16,17)18;1-4-7-8(5-1)6-2-3-6;1-2-4-6-5-3-1/h2-6H,1H3;1,4-6H,2-3H2;1-5H2. The fraction of sp³-hybridized carbons (Fsp3) is 0.400. The molecule has 8 nitrogen and oxygen atoms in total. The number of halogens is 4. The Kier molecular flexibility index (Phi) is 8.27. The predicted molar refractivity (Wildman–Crippen MR) is 128 cm³/mol. The average Bonchev–Trinajstić information content (AvgIpc) is 3.61. The molecule has 1 aliphatic heterocycles. The Labute approximate surface area is 209 Å². The van der Waals surface area contributed by atoms with Gasteiger partial charge < -0.3 is 4.74 Å². The van der Waals surface area contributed by atoms with Crippen molar-refractivity contribution in [2.75, 3.05) is 13.2 Å². The first-order valence-electron chi connectivity index (χ1n) is 11.9. The molecule has 0 spiro atoms. The number of aryl methyl sites for hydroxylation is 1. The van der Waals surface area contributed by atoms with Crippen molar-refractivity contribution in [3.05, 3.63) is 70.9 Å². The molecule has 6 rings (SSSR count). The average molecular weight is 519 g/mol. The fourth-order valence-electron chi connectivity index (χ4n) is 3.66. The lowest BCUT2D eigenvalue weighted by atomic mass is 10.1. The predicted octanol–water partition coefficient (Wildman–Crippen LogP) is 4.95. The molecule has 3 aromatic heterocycles. The third-order valence-corrected chi connectivity index (χ3v) is 5.82. The van der Waals surface area contributed by atoms with Crippen LogP contribution in [-0.4, -0.2) is 42.7 Å². The van der Waals surface area contributed by atoms with Crippen LogP contribution in [0.15, 0.2) is 54.0 Å². The number of ether oxygens (including phenoxy) is 1. The molecule has 4 heterocycles. The van der Waals surface area contributed by atoms with E-state index in [1.165, 1.54) is 45.3 Å². The van der Waals surface area contributed by atoms with E-state index < -0.39 is 23.1 Å². The third kappa shape index (κ3) is 6.76. The van der Waals surface area contributed by atoms with Crippen LogP contribution in [-0.2, 0) is 18.0 Å². The SMILES string of the molecule is C1CCOCC1.Cn1ncc2c(-c3ccc(C(F)(F)F)cc3F)ncnc2c1=O.c1cnn(C2CC2)c1. The van der Waals surface area contributed by atoms with Gasteiger partial charge in [0.05, 0.1) is 28.9 Å². The Balaban J connectivity index is 0.000000183. The molecule has 0 unspecified atom stereocenters. The van der Waals surface area contributed by atoms with E-state index in [1.54, 1.807) is 0 Å². The minimum Gasteiger partial charge on any atom is -0.381 e. The van der Waals surface area contributed by atoms with Gasteiger partial charge in [-0.3, -0.25) is 9.48 Å². The van der Waals surface area contributed by atoms with E-state index in [2.05, 4.69) is 20.2 Å². The Morgan fingerprint density at radius 1 is 1.05 bits per heavy atom. The summed E-state index contributed by atoms with van der Waals surface area (Å²) in [6.45, 7) is 2.00. The smallest absolute Gasteiger partial charge is 0.381 e. The highest BCUT2D eigenvalue weighted by Gasteiger charge is 2.31. The number of hydrogen-bond acceptors (Lipinski definition) is 6. The van der Waals surface area contributed by atoms with Crippen LogP contribution in [0, 0.1) is 5.82 Å². The van der Waals surface area contributed by atoms with Crippen LogP contribution in [0.1, 0.15) is 43.7 Å². The van der Waals surface area contributed by atoms with Crippen LogP contribution in [0.3, 0.4) is 0 Å². The summed E-state index contributed by atoms with van der Waals surface area (Å²) in [4.78, 5) is 19.7. The second kappa shape index (κ2) is 11.6. The topological polar surface area (TPSA) is 87.7 Å². The molecule has 1 saturated heterocycles. The van der Waals surface area contributed by atoms with E-state index in [0.29, 0.717) is 6.07 Å². The molecule has 1 aromatic carbocycles. The number of benzene rings is 1. The zero-order valence-corrected chi connectivity index (χ0v) is 20.2. The van der Waals surface area contributed by atoms with E-state index in [-0.39, 0.29) is 22.2 Å². The van der Waals surface area contributed by atoms with Gasteiger partial charge in [-0.05, 0) is 56.4 Å². The van der Waals surface area contributed by atoms with Gasteiger partial charge >= 0.3 is 6.18 Å². The van der Waals surface area contributed by atoms with Crippen LogP contribution < -0.4 is 5.56 Å². The van der Waals surface area contributed by atoms with Crippen molar-refractivity contribution in [2.24, 2.45) is 7.05 Å².